The topological polar surface area (TPSA) is 55.1 Å². The molecule has 0 unspecified atom stereocenters. The number of halogens is 1. The summed E-state index contributed by atoms with van der Waals surface area (Å²) < 4.78 is 0.851. The molecule has 0 fully saturated rings. The molecule has 3 N–H and O–H groups in total. The van der Waals surface area contributed by atoms with Gasteiger partial charge in [0, 0.05) is 10.0 Å². The van der Waals surface area contributed by atoms with E-state index in [9.17, 15) is 4.79 Å². The first-order valence-corrected chi connectivity index (χ1v) is 7.10. The molecule has 18 heavy (non-hydrogen) atoms. The quantitative estimate of drug-likeness (QED) is 0.842. The summed E-state index contributed by atoms with van der Waals surface area (Å²) in [6.07, 6.45) is 0. The van der Waals surface area contributed by atoms with Crippen molar-refractivity contribution in [1.82, 2.24) is 0 Å². The highest BCUT2D eigenvalue weighted by atomic mass is 79.9. The summed E-state index contributed by atoms with van der Waals surface area (Å²) in [5, 5.41) is 4.66. The molecule has 0 aliphatic carbocycles. The molecule has 6 heteroatoms. The van der Waals surface area contributed by atoms with Crippen molar-refractivity contribution in [2.24, 2.45) is 5.73 Å². The van der Waals surface area contributed by atoms with Gasteiger partial charge in [-0.2, -0.15) is 0 Å². The predicted octanol–water partition coefficient (Wildman–Crippen LogP) is 3.40. The van der Waals surface area contributed by atoms with E-state index in [-0.39, 0.29) is 10.9 Å². The normalized spacial score (nSPS) is 10.1. The van der Waals surface area contributed by atoms with E-state index < -0.39 is 0 Å². The highest BCUT2D eigenvalue weighted by molar-refractivity contribution is 9.10. The number of hydrogen-bond donors (Lipinski definition) is 2. The highest BCUT2D eigenvalue weighted by Gasteiger charge is 2.11. The van der Waals surface area contributed by atoms with E-state index in [2.05, 4.69) is 21.2 Å². The summed E-state index contributed by atoms with van der Waals surface area (Å²) in [6, 6.07) is 8.97. The van der Waals surface area contributed by atoms with Gasteiger partial charge in [0.25, 0.3) is 5.91 Å². The van der Waals surface area contributed by atoms with Gasteiger partial charge >= 0.3 is 0 Å². The molecular formula is C12H9BrN2OS2. The Labute approximate surface area is 122 Å². The Bertz CT molecular complexity index is 596. The Morgan fingerprint density at radius 1 is 1.39 bits per heavy atom. The van der Waals surface area contributed by atoms with Gasteiger partial charge in [-0.15, -0.1) is 11.3 Å². The van der Waals surface area contributed by atoms with E-state index in [0.717, 1.165) is 4.47 Å². The van der Waals surface area contributed by atoms with Crippen molar-refractivity contribution in [2.45, 2.75) is 0 Å². The fourth-order valence-corrected chi connectivity index (χ4v) is 2.58. The second-order valence-corrected chi connectivity index (χ2v) is 5.79. The molecule has 0 saturated heterocycles. The molecule has 0 spiro atoms. The van der Waals surface area contributed by atoms with Gasteiger partial charge in [-0.25, -0.2) is 0 Å². The van der Waals surface area contributed by atoms with E-state index >= 15 is 0 Å². The molecule has 1 aromatic carbocycles. The molecule has 0 saturated carbocycles. The molecule has 0 bridgehead atoms. The van der Waals surface area contributed by atoms with E-state index in [1.165, 1.54) is 11.3 Å². The second kappa shape index (κ2) is 5.60. The van der Waals surface area contributed by atoms with Crippen LogP contribution in [-0.2, 0) is 0 Å². The zero-order chi connectivity index (χ0) is 13.1. The number of anilines is 1. The van der Waals surface area contributed by atoms with Gasteiger partial charge in [0.05, 0.1) is 10.6 Å². The lowest BCUT2D eigenvalue weighted by Crippen LogP contribution is -2.16. The van der Waals surface area contributed by atoms with Crippen molar-refractivity contribution in [2.75, 3.05) is 5.32 Å². The number of thiocarbonyl (C=S) groups is 1. The van der Waals surface area contributed by atoms with Crippen LogP contribution < -0.4 is 11.1 Å². The minimum atomic E-state index is -0.166. The number of nitrogens with one attached hydrogen (secondary N) is 1. The smallest absolute Gasteiger partial charge is 0.265 e. The van der Waals surface area contributed by atoms with E-state index in [4.69, 9.17) is 18.0 Å². The Hall–Kier alpha value is -1.24. The summed E-state index contributed by atoms with van der Waals surface area (Å²) in [4.78, 5) is 12.9. The maximum atomic E-state index is 12.0. The molecule has 1 heterocycles. The van der Waals surface area contributed by atoms with Crippen LogP contribution in [0, 0.1) is 0 Å². The first kappa shape index (κ1) is 13.2. The van der Waals surface area contributed by atoms with Crippen LogP contribution in [0.2, 0.25) is 0 Å². The third-order valence-corrected chi connectivity index (χ3v) is 3.82. The second-order valence-electron chi connectivity index (χ2n) is 3.49. The summed E-state index contributed by atoms with van der Waals surface area (Å²) in [5.74, 6) is -0.166. The van der Waals surface area contributed by atoms with Crippen molar-refractivity contribution < 1.29 is 4.79 Å². The number of hydrogen-bond acceptors (Lipinski definition) is 3. The molecule has 2 rings (SSSR count). The fourth-order valence-electron chi connectivity index (χ4n) is 1.43. The number of carbonyl (C=O) groups is 1. The number of rotatable bonds is 3. The predicted molar refractivity (Wildman–Crippen MR) is 82.3 cm³/mol. The van der Waals surface area contributed by atoms with Crippen LogP contribution in [-0.4, -0.2) is 10.9 Å². The minimum Gasteiger partial charge on any atom is -0.389 e. The average molecular weight is 341 g/mol. The van der Waals surface area contributed by atoms with Crippen LogP contribution in [0.3, 0.4) is 0 Å². The van der Waals surface area contributed by atoms with Crippen molar-refractivity contribution in [3.05, 3.63) is 50.6 Å². The van der Waals surface area contributed by atoms with E-state index in [1.54, 1.807) is 18.2 Å². The van der Waals surface area contributed by atoms with E-state index in [0.29, 0.717) is 16.1 Å². The van der Waals surface area contributed by atoms with Crippen LogP contribution in [0.25, 0.3) is 0 Å². The molecule has 92 valence electrons. The summed E-state index contributed by atoms with van der Waals surface area (Å²) in [5.41, 5.74) is 6.88. The molecule has 1 aromatic heterocycles. The van der Waals surface area contributed by atoms with Crippen molar-refractivity contribution in [3.63, 3.8) is 0 Å². The summed E-state index contributed by atoms with van der Waals surface area (Å²) in [6.45, 7) is 0. The van der Waals surface area contributed by atoms with Gasteiger partial charge in [-0.3, -0.25) is 4.79 Å². The maximum absolute atomic E-state index is 12.0. The molecule has 2 aromatic rings. The largest absolute Gasteiger partial charge is 0.389 e. The lowest BCUT2D eigenvalue weighted by atomic mass is 10.1. The van der Waals surface area contributed by atoms with Crippen molar-refractivity contribution >= 4 is 56.1 Å². The number of nitrogens with two attached hydrogens (primary N) is 1. The standard InChI is InChI=1S/C12H9BrN2OS2/c13-7-3-4-8(11(14)17)9(6-7)15-12(16)10-2-1-5-18-10/h1-6H,(H2,14,17)(H,15,16). The fraction of sp³-hybridized carbons (Fsp3) is 0. The highest BCUT2D eigenvalue weighted by Crippen LogP contribution is 2.22. The van der Waals surface area contributed by atoms with Gasteiger partial charge in [-0.1, -0.05) is 34.2 Å². The number of thiophene rings is 1. The maximum Gasteiger partial charge on any atom is 0.265 e. The molecular weight excluding hydrogens is 332 g/mol. The number of carbonyl (C=O) groups excluding carboxylic acids is 1. The molecule has 0 radical (unpaired) electrons. The Balaban J connectivity index is 2.31. The van der Waals surface area contributed by atoms with Crippen LogP contribution in [0.1, 0.15) is 15.2 Å². The minimum absolute atomic E-state index is 0.166. The number of amides is 1. The first-order valence-electron chi connectivity index (χ1n) is 5.02. The van der Waals surface area contributed by atoms with Gasteiger partial charge in [0.2, 0.25) is 0 Å². The molecule has 0 aliphatic heterocycles. The molecule has 3 nitrogen and oxygen atoms in total. The zero-order valence-electron chi connectivity index (χ0n) is 9.14. The van der Waals surface area contributed by atoms with Crippen molar-refractivity contribution in [3.8, 4) is 0 Å². The first-order chi connectivity index (χ1) is 8.58. The Morgan fingerprint density at radius 3 is 2.78 bits per heavy atom. The third-order valence-electron chi connectivity index (χ3n) is 2.24. The van der Waals surface area contributed by atoms with Crippen LogP contribution >= 0.6 is 39.5 Å². The van der Waals surface area contributed by atoms with Crippen LogP contribution in [0.4, 0.5) is 5.69 Å². The van der Waals surface area contributed by atoms with E-state index in [1.807, 2.05) is 17.5 Å². The van der Waals surface area contributed by atoms with Gasteiger partial charge in [0.15, 0.2) is 0 Å². The third kappa shape index (κ3) is 2.95. The SMILES string of the molecule is NC(=S)c1ccc(Br)cc1NC(=O)c1cccs1. The zero-order valence-corrected chi connectivity index (χ0v) is 12.4. The summed E-state index contributed by atoms with van der Waals surface area (Å²) >= 11 is 9.69. The molecule has 0 aliphatic rings. The van der Waals surface area contributed by atoms with Crippen LogP contribution in [0.15, 0.2) is 40.2 Å². The number of benzene rings is 1. The van der Waals surface area contributed by atoms with Gasteiger partial charge in [-0.05, 0) is 29.6 Å². The lowest BCUT2D eigenvalue weighted by molar-refractivity contribution is 0.103. The van der Waals surface area contributed by atoms with Crippen LogP contribution in [0.5, 0.6) is 0 Å². The average Bonchev–Trinajstić information content (AvgIpc) is 2.81. The Kier molecular flexibility index (Phi) is 4.11. The van der Waals surface area contributed by atoms with Gasteiger partial charge in [0.1, 0.15) is 4.99 Å². The van der Waals surface area contributed by atoms with Crippen molar-refractivity contribution in [1.29, 1.82) is 0 Å². The summed E-state index contributed by atoms with van der Waals surface area (Å²) in [7, 11) is 0. The molecule has 0 atom stereocenters. The monoisotopic (exact) mass is 340 g/mol. The Morgan fingerprint density at radius 2 is 2.17 bits per heavy atom. The molecule has 1 amide bonds. The van der Waals surface area contributed by atoms with Gasteiger partial charge < -0.3 is 11.1 Å². The lowest BCUT2D eigenvalue weighted by Gasteiger charge is -2.09.